The van der Waals surface area contributed by atoms with Crippen LogP contribution in [0.25, 0.3) is 0 Å². The van der Waals surface area contributed by atoms with Crippen LogP contribution in [0.3, 0.4) is 0 Å². The van der Waals surface area contributed by atoms with E-state index < -0.39 is 6.10 Å². The second-order valence-electron chi connectivity index (χ2n) is 7.53. The summed E-state index contributed by atoms with van der Waals surface area (Å²) in [5.74, 6) is 1.04. The summed E-state index contributed by atoms with van der Waals surface area (Å²) in [6.45, 7) is 2.65. The number of ketones is 1. The van der Waals surface area contributed by atoms with Crippen LogP contribution in [0, 0.1) is 12.8 Å². The third kappa shape index (κ3) is 4.35. The van der Waals surface area contributed by atoms with Gasteiger partial charge in [0.2, 0.25) is 0 Å². The van der Waals surface area contributed by atoms with Gasteiger partial charge in [-0.3, -0.25) is 4.79 Å². The minimum atomic E-state index is -0.614. The molecule has 0 saturated heterocycles. The highest BCUT2D eigenvalue weighted by Crippen LogP contribution is 2.32. The van der Waals surface area contributed by atoms with Gasteiger partial charge in [0.05, 0.1) is 0 Å². The molecule has 152 valence electrons. The fraction of sp³-hybridized carbons (Fsp3) is 0.476. The van der Waals surface area contributed by atoms with Crippen LogP contribution in [0.1, 0.15) is 39.4 Å². The zero-order valence-corrected chi connectivity index (χ0v) is 17.4. The number of carbonyl (C=O) groups excluding carboxylic acids is 1. The van der Waals surface area contributed by atoms with E-state index >= 15 is 0 Å². The molecule has 1 heterocycles. The molecule has 0 radical (unpaired) electrons. The Labute approximate surface area is 175 Å². The van der Waals surface area contributed by atoms with Gasteiger partial charge < -0.3 is 20.3 Å². The highest BCUT2D eigenvalue weighted by molar-refractivity contribution is 7.12. The standard InChI is InChI=1S/C21H25NO4S.ClH/c1-12-10-16-19(27-12)9-2-13(20(16)24)11-22-17-7-8-18(21(17)25)26-15-5-3-14(23)4-6-15;/h3-6,10,13,17-18,21-23,25H,2,7-9,11H2,1H3;1H/t13?,17-,18-,21+;/m1./s1. The van der Waals surface area contributed by atoms with Gasteiger partial charge in [0, 0.05) is 33.8 Å². The van der Waals surface area contributed by atoms with Gasteiger partial charge in [-0.1, -0.05) is 0 Å². The van der Waals surface area contributed by atoms with Gasteiger partial charge in [0.15, 0.2) is 5.78 Å². The van der Waals surface area contributed by atoms with E-state index in [1.165, 1.54) is 9.75 Å². The number of phenols is 1. The zero-order chi connectivity index (χ0) is 19.0. The fourth-order valence-corrected chi connectivity index (χ4v) is 5.15. The van der Waals surface area contributed by atoms with E-state index in [0.717, 1.165) is 31.2 Å². The Morgan fingerprint density at radius 1 is 1.21 bits per heavy atom. The quantitative estimate of drug-likeness (QED) is 0.686. The maximum Gasteiger partial charge on any atom is 0.168 e. The average Bonchev–Trinajstić information content (AvgIpc) is 3.20. The number of fused-ring (bicyclic) bond motifs is 1. The highest BCUT2D eigenvalue weighted by atomic mass is 35.5. The van der Waals surface area contributed by atoms with Crippen LogP contribution < -0.4 is 10.1 Å². The van der Waals surface area contributed by atoms with E-state index in [-0.39, 0.29) is 42.0 Å². The number of Topliss-reactive ketones (excluding diaryl/α,β-unsaturated/α-hetero) is 1. The van der Waals surface area contributed by atoms with Crippen molar-refractivity contribution < 1.29 is 19.7 Å². The van der Waals surface area contributed by atoms with Crippen molar-refractivity contribution in [3.8, 4) is 11.5 Å². The molecule has 5 nitrogen and oxygen atoms in total. The van der Waals surface area contributed by atoms with Crippen LogP contribution in [-0.4, -0.2) is 40.8 Å². The van der Waals surface area contributed by atoms with Crippen LogP contribution in [0.2, 0.25) is 0 Å². The van der Waals surface area contributed by atoms with Gasteiger partial charge in [-0.2, -0.15) is 0 Å². The molecule has 1 saturated carbocycles. The maximum atomic E-state index is 12.7. The molecule has 7 heteroatoms. The molecular formula is C21H26ClNO4S. The smallest absolute Gasteiger partial charge is 0.168 e. The van der Waals surface area contributed by atoms with Gasteiger partial charge in [-0.25, -0.2) is 0 Å². The van der Waals surface area contributed by atoms with Crippen molar-refractivity contribution in [1.82, 2.24) is 5.32 Å². The maximum absolute atomic E-state index is 12.7. The molecule has 3 N–H and O–H groups in total. The van der Waals surface area contributed by atoms with E-state index in [1.807, 2.05) is 13.0 Å². The van der Waals surface area contributed by atoms with Crippen molar-refractivity contribution in [2.24, 2.45) is 5.92 Å². The lowest BCUT2D eigenvalue weighted by molar-refractivity contribution is 0.0441. The molecule has 2 aromatic rings. The number of ether oxygens (including phenoxy) is 1. The molecule has 0 spiro atoms. The van der Waals surface area contributed by atoms with E-state index in [2.05, 4.69) is 5.32 Å². The summed E-state index contributed by atoms with van der Waals surface area (Å²) in [6, 6.07) is 8.49. The summed E-state index contributed by atoms with van der Waals surface area (Å²) < 4.78 is 5.87. The Balaban J connectivity index is 0.00000225. The number of aromatic hydroxyl groups is 1. The van der Waals surface area contributed by atoms with Crippen molar-refractivity contribution in [3.63, 3.8) is 0 Å². The summed E-state index contributed by atoms with van der Waals surface area (Å²) in [4.78, 5) is 15.1. The Morgan fingerprint density at radius 3 is 2.71 bits per heavy atom. The lowest BCUT2D eigenvalue weighted by atomic mass is 9.87. The summed E-state index contributed by atoms with van der Waals surface area (Å²) in [5, 5.41) is 23.4. The number of hydrogen-bond donors (Lipinski definition) is 3. The third-order valence-corrected chi connectivity index (χ3v) is 6.70. The number of thiophene rings is 1. The van der Waals surface area contributed by atoms with Gasteiger partial charge in [-0.15, -0.1) is 23.7 Å². The minimum Gasteiger partial charge on any atom is -0.508 e. The normalized spacial score (nSPS) is 26.6. The third-order valence-electron chi connectivity index (χ3n) is 5.59. The molecule has 0 aliphatic heterocycles. The number of nitrogens with one attached hydrogen (secondary N) is 1. The fourth-order valence-electron chi connectivity index (χ4n) is 4.10. The molecule has 4 atom stereocenters. The number of aliphatic hydroxyl groups excluding tert-OH is 1. The van der Waals surface area contributed by atoms with Crippen molar-refractivity contribution >= 4 is 29.5 Å². The number of hydrogen-bond acceptors (Lipinski definition) is 6. The predicted molar refractivity (Wildman–Crippen MR) is 112 cm³/mol. The lowest BCUT2D eigenvalue weighted by Gasteiger charge is -2.25. The summed E-state index contributed by atoms with van der Waals surface area (Å²) in [5.41, 5.74) is 0.899. The second-order valence-corrected chi connectivity index (χ2v) is 8.87. The molecule has 2 aliphatic rings. The molecule has 1 fully saturated rings. The predicted octanol–water partition coefficient (Wildman–Crippen LogP) is 3.49. The average molecular weight is 424 g/mol. The topological polar surface area (TPSA) is 78.8 Å². The number of phenolic OH excluding ortho intramolecular Hbond substituents is 1. The number of aryl methyl sites for hydroxylation is 2. The molecule has 2 aliphatic carbocycles. The van der Waals surface area contributed by atoms with Gasteiger partial charge >= 0.3 is 0 Å². The van der Waals surface area contributed by atoms with E-state index in [9.17, 15) is 15.0 Å². The van der Waals surface area contributed by atoms with Gasteiger partial charge in [-0.05, 0) is 62.9 Å². The number of carbonyl (C=O) groups is 1. The van der Waals surface area contributed by atoms with Crippen LogP contribution >= 0.6 is 23.7 Å². The number of benzene rings is 1. The minimum absolute atomic E-state index is 0. The number of aliphatic hydroxyl groups is 1. The highest BCUT2D eigenvalue weighted by Gasteiger charge is 2.37. The number of rotatable bonds is 5. The zero-order valence-electron chi connectivity index (χ0n) is 15.8. The van der Waals surface area contributed by atoms with Crippen molar-refractivity contribution in [2.75, 3.05) is 6.54 Å². The first-order valence-electron chi connectivity index (χ1n) is 9.52. The Bertz CT molecular complexity index is 822. The molecule has 1 unspecified atom stereocenters. The SMILES string of the molecule is Cc1cc2c(s1)CCC(CN[C@@H]1CC[C@@H](Oc3ccc(O)cc3)[C@H]1O)C2=O.Cl. The lowest BCUT2D eigenvalue weighted by Crippen LogP contribution is -2.44. The monoisotopic (exact) mass is 423 g/mol. The van der Waals surface area contributed by atoms with Crippen molar-refractivity contribution in [2.45, 2.75) is 50.9 Å². The van der Waals surface area contributed by atoms with Crippen LogP contribution in [0.15, 0.2) is 30.3 Å². The number of halogens is 1. The van der Waals surface area contributed by atoms with E-state index in [4.69, 9.17) is 4.74 Å². The van der Waals surface area contributed by atoms with E-state index in [1.54, 1.807) is 35.6 Å². The molecule has 4 rings (SSSR count). The summed E-state index contributed by atoms with van der Waals surface area (Å²) in [7, 11) is 0. The first kappa shape index (κ1) is 21.1. The molecule has 1 aromatic carbocycles. The molecule has 0 bridgehead atoms. The van der Waals surface area contributed by atoms with Crippen LogP contribution in [-0.2, 0) is 6.42 Å². The first-order valence-corrected chi connectivity index (χ1v) is 10.3. The molecular weight excluding hydrogens is 398 g/mol. The van der Waals surface area contributed by atoms with Gasteiger partial charge in [0.25, 0.3) is 0 Å². The second kappa shape index (κ2) is 8.82. The largest absolute Gasteiger partial charge is 0.508 e. The van der Waals surface area contributed by atoms with E-state index in [0.29, 0.717) is 12.3 Å². The summed E-state index contributed by atoms with van der Waals surface area (Å²) in [6.07, 6.45) is 2.51. The molecule has 0 amide bonds. The van der Waals surface area contributed by atoms with Gasteiger partial charge in [0.1, 0.15) is 23.7 Å². The molecule has 28 heavy (non-hydrogen) atoms. The van der Waals surface area contributed by atoms with Crippen molar-refractivity contribution in [3.05, 3.63) is 45.6 Å². The Kier molecular flexibility index (Phi) is 6.65. The molecule has 1 aromatic heterocycles. The van der Waals surface area contributed by atoms with Crippen molar-refractivity contribution in [1.29, 1.82) is 0 Å². The van der Waals surface area contributed by atoms with Crippen LogP contribution in [0.5, 0.6) is 11.5 Å². The first-order chi connectivity index (χ1) is 13.0. The Morgan fingerprint density at radius 2 is 1.96 bits per heavy atom. The summed E-state index contributed by atoms with van der Waals surface area (Å²) >= 11 is 1.73. The Hall–Kier alpha value is -1.60. The van der Waals surface area contributed by atoms with Crippen LogP contribution in [0.4, 0.5) is 0 Å².